The molecular weight excluding hydrogens is 142 g/mol. The number of carbonyl (C=O) groups is 1. The van der Waals surface area contributed by atoms with Crippen LogP contribution in [0.1, 0.15) is 19.5 Å². The average Bonchev–Trinajstić information content (AvgIpc) is 2.41. The predicted octanol–water partition coefficient (Wildman–Crippen LogP) is 0.639. The molecule has 0 spiro atoms. The molecule has 0 fully saturated rings. The molecule has 11 heavy (non-hydrogen) atoms. The van der Waals surface area contributed by atoms with Gasteiger partial charge in [-0.15, -0.1) is 0 Å². The SMILES string of the molecule is CC1(C)C(=O)Nc2nc[nH]c21. The molecule has 1 aliphatic heterocycles. The first-order valence-electron chi connectivity index (χ1n) is 3.47. The van der Waals surface area contributed by atoms with Crippen molar-refractivity contribution >= 4 is 11.7 Å². The highest BCUT2D eigenvalue weighted by Crippen LogP contribution is 2.33. The monoisotopic (exact) mass is 151 g/mol. The number of H-pyrrole nitrogens is 1. The molecule has 2 N–H and O–H groups in total. The molecule has 4 heteroatoms. The summed E-state index contributed by atoms with van der Waals surface area (Å²) in [6.07, 6.45) is 1.59. The second kappa shape index (κ2) is 1.64. The van der Waals surface area contributed by atoms with Crippen LogP contribution in [-0.4, -0.2) is 15.9 Å². The van der Waals surface area contributed by atoms with Gasteiger partial charge < -0.3 is 10.3 Å². The molecule has 1 aromatic heterocycles. The lowest BCUT2D eigenvalue weighted by Gasteiger charge is -2.12. The molecule has 0 radical (unpaired) electrons. The molecule has 0 saturated carbocycles. The molecule has 1 amide bonds. The van der Waals surface area contributed by atoms with Crippen molar-refractivity contribution in [3.63, 3.8) is 0 Å². The highest BCUT2D eigenvalue weighted by molar-refractivity contribution is 6.03. The van der Waals surface area contributed by atoms with Crippen LogP contribution in [0, 0.1) is 0 Å². The van der Waals surface area contributed by atoms with Gasteiger partial charge in [0.05, 0.1) is 17.4 Å². The minimum atomic E-state index is -0.453. The molecule has 0 bridgehead atoms. The van der Waals surface area contributed by atoms with Gasteiger partial charge in [0.2, 0.25) is 5.91 Å². The molecule has 1 aliphatic rings. The first-order valence-corrected chi connectivity index (χ1v) is 3.47. The molecule has 0 aliphatic carbocycles. The second-order valence-electron chi connectivity index (χ2n) is 3.21. The maximum atomic E-state index is 11.2. The highest BCUT2D eigenvalue weighted by atomic mass is 16.2. The Morgan fingerprint density at radius 2 is 2.27 bits per heavy atom. The van der Waals surface area contributed by atoms with Crippen LogP contribution in [0.2, 0.25) is 0 Å². The molecule has 4 nitrogen and oxygen atoms in total. The number of aromatic nitrogens is 2. The third kappa shape index (κ3) is 0.636. The third-order valence-electron chi connectivity index (χ3n) is 2.06. The Morgan fingerprint density at radius 1 is 1.55 bits per heavy atom. The summed E-state index contributed by atoms with van der Waals surface area (Å²) in [6.45, 7) is 3.73. The van der Waals surface area contributed by atoms with Crippen molar-refractivity contribution in [1.82, 2.24) is 9.97 Å². The number of carbonyl (C=O) groups excluding carboxylic acids is 1. The van der Waals surface area contributed by atoms with Crippen molar-refractivity contribution in [2.45, 2.75) is 19.3 Å². The van der Waals surface area contributed by atoms with E-state index >= 15 is 0 Å². The van der Waals surface area contributed by atoms with Crippen molar-refractivity contribution in [1.29, 1.82) is 0 Å². The van der Waals surface area contributed by atoms with Crippen molar-refractivity contribution in [2.24, 2.45) is 0 Å². The summed E-state index contributed by atoms with van der Waals surface area (Å²) >= 11 is 0. The molecular formula is C7H9N3O. The van der Waals surface area contributed by atoms with Crippen LogP contribution < -0.4 is 5.32 Å². The maximum Gasteiger partial charge on any atom is 0.237 e. The topological polar surface area (TPSA) is 57.8 Å². The number of nitrogens with one attached hydrogen (secondary N) is 2. The zero-order chi connectivity index (χ0) is 8.06. The first-order chi connectivity index (χ1) is 5.12. The quantitative estimate of drug-likeness (QED) is 0.571. The van der Waals surface area contributed by atoms with E-state index in [-0.39, 0.29) is 5.91 Å². The Kier molecular flexibility index (Phi) is 0.952. The molecule has 1 aromatic rings. The summed E-state index contributed by atoms with van der Waals surface area (Å²) in [5.41, 5.74) is 0.425. The summed E-state index contributed by atoms with van der Waals surface area (Å²) in [5.74, 6) is 0.673. The number of imidazole rings is 1. The van der Waals surface area contributed by atoms with Gasteiger partial charge in [0, 0.05) is 0 Å². The summed E-state index contributed by atoms with van der Waals surface area (Å²) in [5, 5.41) is 2.69. The molecule has 0 atom stereocenters. The minimum Gasteiger partial charge on any atom is -0.346 e. The second-order valence-corrected chi connectivity index (χ2v) is 3.21. The van der Waals surface area contributed by atoms with Crippen molar-refractivity contribution < 1.29 is 4.79 Å². The molecule has 2 rings (SSSR count). The zero-order valence-electron chi connectivity index (χ0n) is 6.43. The average molecular weight is 151 g/mol. The summed E-state index contributed by atoms with van der Waals surface area (Å²) < 4.78 is 0. The van der Waals surface area contributed by atoms with E-state index in [9.17, 15) is 4.79 Å². The van der Waals surface area contributed by atoms with Gasteiger partial charge in [0.15, 0.2) is 5.82 Å². The number of hydrogen-bond acceptors (Lipinski definition) is 2. The standard InChI is InChI=1S/C7H9N3O/c1-7(2)4-5(9-3-8-4)10-6(7)11/h3H,1-2H3,(H,8,9)(H,10,11). The van der Waals surface area contributed by atoms with Crippen LogP contribution in [0.5, 0.6) is 0 Å². The van der Waals surface area contributed by atoms with E-state index in [0.29, 0.717) is 5.82 Å². The number of rotatable bonds is 0. The highest BCUT2D eigenvalue weighted by Gasteiger charge is 2.40. The van der Waals surface area contributed by atoms with Crippen molar-refractivity contribution in [2.75, 3.05) is 5.32 Å². The predicted molar refractivity (Wildman–Crippen MR) is 40.2 cm³/mol. The number of hydrogen-bond donors (Lipinski definition) is 2. The maximum absolute atomic E-state index is 11.2. The van der Waals surface area contributed by atoms with E-state index in [2.05, 4.69) is 15.3 Å². The van der Waals surface area contributed by atoms with Crippen LogP contribution in [0.3, 0.4) is 0 Å². The van der Waals surface area contributed by atoms with Gasteiger partial charge in [0.1, 0.15) is 0 Å². The summed E-state index contributed by atoms with van der Waals surface area (Å²) in [7, 11) is 0. The first kappa shape index (κ1) is 6.39. The summed E-state index contributed by atoms with van der Waals surface area (Å²) in [4.78, 5) is 18.1. The molecule has 0 aromatic carbocycles. The smallest absolute Gasteiger partial charge is 0.237 e. The van der Waals surface area contributed by atoms with Gasteiger partial charge in [-0.1, -0.05) is 0 Å². The number of nitrogens with zero attached hydrogens (tertiary/aromatic N) is 1. The number of amides is 1. The third-order valence-corrected chi connectivity index (χ3v) is 2.06. The molecule has 58 valence electrons. The van der Waals surface area contributed by atoms with E-state index in [4.69, 9.17) is 0 Å². The Balaban J connectivity index is 2.61. The van der Waals surface area contributed by atoms with Crippen LogP contribution in [-0.2, 0) is 10.2 Å². The Labute approximate surface area is 64.0 Å². The van der Waals surface area contributed by atoms with Gasteiger partial charge in [-0.05, 0) is 13.8 Å². The van der Waals surface area contributed by atoms with Crippen molar-refractivity contribution in [3.05, 3.63) is 12.0 Å². The number of fused-ring (bicyclic) bond motifs is 1. The van der Waals surface area contributed by atoms with E-state index < -0.39 is 5.41 Å². The Morgan fingerprint density at radius 3 is 2.91 bits per heavy atom. The normalized spacial score (nSPS) is 19.6. The van der Waals surface area contributed by atoms with Crippen LogP contribution in [0.4, 0.5) is 5.82 Å². The fraction of sp³-hybridized carbons (Fsp3) is 0.429. The van der Waals surface area contributed by atoms with Crippen molar-refractivity contribution in [3.8, 4) is 0 Å². The largest absolute Gasteiger partial charge is 0.346 e. The molecule has 2 heterocycles. The summed E-state index contributed by atoms with van der Waals surface area (Å²) in [6, 6.07) is 0. The van der Waals surface area contributed by atoms with Crippen LogP contribution in [0.15, 0.2) is 6.33 Å². The number of aromatic amines is 1. The lowest BCUT2D eigenvalue weighted by atomic mass is 9.91. The van der Waals surface area contributed by atoms with Crippen LogP contribution >= 0.6 is 0 Å². The zero-order valence-corrected chi connectivity index (χ0v) is 6.43. The van der Waals surface area contributed by atoms with Gasteiger partial charge in [-0.3, -0.25) is 4.79 Å². The van der Waals surface area contributed by atoms with Gasteiger partial charge in [-0.2, -0.15) is 0 Å². The van der Waals surface area contributed by atoms with E-state index in [0.717, 1.165) is 5.69 Å². The fourth-order valence-electron chi connectivity index (χ4n) is 1.24. The lowest BCUT2D eigenvalue weighted by Crippen LogP contribution is -2.27. The van der Waals surface area contributed by atoms with E-state index in [1.165, 1.54) is 0 Å². The minimum absolute atomic E-state index is 0.00634. The van der Waals surface area contributed by atoms with Gasteiger partial charge >= 0.3 is 0 Å². The Hall–Kier alpha value is -1.32. The van der Waals surface area contributed by atoms with E-state index in [1.54, 1.807) is 6.33 Å². The Bertz CT molecular complexity index is 313. The van der Waals surface area contributed by atoms with Gasteiger partial charge in [-0.25, -0.2) is 4.98 Å². The molecule has 0 saturated heterocycles. The lowest BCUT2D eigenvalue weighted by molar-refractivity contribution is -0.119. The van der Waals surface area contributed by atoms with Crippen LogP contribution in [0.25, 0.3) is 0 Å². The molecule has 0 unspecified atom stereocenters. The number of anilines is 1. The van der Waals surface area contributed by atoms with Gasteiger partial charge in [0.25, 0.3) is 0 Å². The fourth-order valence-corrected chi connectivity index (χ4v) is 1.24. The van der Waals surface area contributed by atoms with E-state index in [1.807, 2.05) is 13.8 Å².